The first-order valence-corrected chi connectivity index (χ1v) is 14.3. The number of carbonyl (C=O) groups is 2. The van der Waals surface area contributed by atoms with E-state index in [1.54, 1.807) is 25.1 Å². The number of hydrogen-bond donors (Lipinski definition) is 0. The molecule has 3 heterocycles. The van der Waals surface area contributed by atoms with Gasteiger partial charge in [-0.05, 0) is 57.0 Å². The largest absolute Gasteiger partial charge is 0.462 e. The smallest absolute Gasteiger partial charge is 0.338 e. The van der Waals surface area contributed by atoms with Gasteiger partial charge in [-0.1, -0.05) is 22.9 Å². The third-order valence-corrected chi connectivity index (χ3v) is 10.3. The van der Waals surface area contributed by atoms with Gasteiger partial charge in [0.15, 0.2) is 4.80 Å². The Hall–Kier alpha value is -2.05. The molecule has 0 saturated carbocycles. The van der Waals surface area contributed by atoms with E-state index >= 15 is 0 Å². The van der Waals surface area contributed by atoms with E-state index in [1.165, 1.54) is 21.7 Å². The summed E-state index contributed by atoms with van der Waals surface area (Å²) in [4.78, 5) is 30.0. The summed E-state index contributed by atoms with van der Waals surface area (Å²) < 4.78 is 35.5. The predicted octanol–water partition coefficient (Wildman–Crippen LogP) is 4.14. The topological polar surface area (TPSA) is 98.0 Å². The van der Waals surface area contributed by atoms with E-state index < -0.39 is 10.0 Å². The van der Waals surface area contributed by atoms with Gasteiger partial charge in [0.1, 0.15) is 4.21 Å². The molecule has 12 heteroatoms. The molecule has 0 radical (unpaired) electrons. The Labute approximate surface area is 210 Å². The Morgan fingerprint density at radius 2 is 1.88 bits per heavy atom. The van der Waals surface area contributed by atoms with Crippen LogP contribution < -0.4 is 4.80 Å². The van der Waals surface area contributed by atoms with Gasteiger partial charge in [0.25, 0.3) is 15.9 Å². The molecule has 1 fully saturated rings. The van der Waals surface area contributed by atoms with Crippen molar-refractivity contribution in [2.24, 2.45) is 10.9 Å². The fraction of sp³-hybridized carbons (Fsp3) is 0.409. The highest BCUT2D eigenvalue weighted by Crippen LogP contribution is 2.31. The molecule has 4 rings (SSSR count). The Bertz CT molecular complexity index is 1400. The van der Waals surface area contributed by atoms with Crippen LogP contribution in [0.2, 0.25) is 4.34 Å². The van der Waals surface area contributed by atoms with E-state index in [0.29, 0.717) is 40.7 Å². The summed E-state index contributed by atoms with van der Waals surface area (Å²) >= 11 is 8.27. The summed E-state index contributed by atoms with van der Waals surface area (Å²) in [6.07, 6.45) is 0.815. The molecule has 182 valence electrons. The molecule has 8 nitrogen and oxygen atoms in total. The molecule has 0 bridgehead atoms. The van der Waals surface area contributed by atoms with Crippen LogP contribution in [-0.2, 0) is 26.1 Å². The Morgan fingerprint density at radius 3 is 2.50 bits per heavy atom. The predicted molar refractivity (Wildman–Crippen MR) is 133 cm³/mol. The van der Waals surface area contributed by atoms with Crippen molar-refractivity contribution >= 4 is 66.4 Å². The van der Waals surface area contributed by atoms with Crippen LogP contribution in [-0.4, -0.2) is 48.9 Å². The van der Waals surface area contributed by atoms with Gasteiger partial charge in [0.2, 0.25) is 0 Å². The first-order valence-electron chi connectivity index (χ1n) is 10.9. The average molecular weight is 542 g/mol. The summed E-state index contributed by atoms with van der Waals surface area (Å²) in [5.41, 5.74) is 1.35. The maximum atomic E-state index is 13.0. The zero-order valence-corrected chi connectivity index (χ0v) is 21.9. The number of fused-ring (bicyclic) bond motifs is 1. The number of hydrogen-bond acceptors (Lipinski definition) is 7. The zero-order valence-electron chi connectivity index (χ0n) is 18.7. The number of aryl methyl sites for hydroxylation is 1. The van der Waals surface area contributed by atoms with Crippen LogP contribution in [0.3, 0.4) is 0 Å². The van der Waals surface area contributed by atoms with E-state index in [9.17, 15) is 18.0 Å². The molecule has 1 aromatic carbocycles. The normalized spacial score (nSPS) is 16.3. The molecule has 3 aromatic rings. The molecule has 1 saturated heterocycles. The maximum Gasteiger partial charge on any atom is 0.338 e. The standard InChI is InChI=1S/C22H24ClN3O5S3/c1-3-26-16-6-5-15(21(28)31-4-2)13-17(16)32-22(26)24-20(27)14-9-11-25(12-10-14)34(29,30)19-8-7-18(23)33-19/h5-8,13-14H,3-4,9-12H2,1-2H3. The van der Waals surface area contributed by atoms with Crippen LogP contribution in [0.15, 0.2) is 39.5 Å². The Morgan fingerprint density at radius 1 is 1.15 bits per heavy atom. The molecular formula is C22H24ClN3O5S3. The van der Waals surface area contributed by atoms with E-state index in [1.807, 2.05) is 17.6 Å². The minimum atomic E-state index is -3.61. The molecule has 1 amide bonds. The van der Waals surface area contributed by atoms with E-state index in [4.69, 9.17) is 16.3 Å². The molecule has 0 spiro atoms. The number of esters is 1. The second kappa shape index (κ2) is 10.3. The second-order valence-electron chi connectivity index (χ2n) is 7.72. The van der Waals surface area contributed by atoms with E-state index in [0.717, 1.165) is 21.6 Å². The van der Waals surface area contributed by atoms with Crippen LogP contribution in [0.5, 0.6) is 0 Å². The molecular weight excluding hydrogens is 518 g/mol. The van der Waals surface area contributed by atoms with Gasteiger partial charge in [0.05, 0.1) is 26.7 Å². The number of nitrogens with zero attached hydrogens (tertiary/aromatic N) is 3. The van der Waals surface area contributed by atoms with Crippen LogP contribution in [0, 0.1) is 5.92 Å². The van der Waals surface area contributed by atoms with Crippen LogP contribution in [0.25, 0.3) is 10.2 Å². The number of carbonyl (C=O) groups excluding carboxylic acids is 2. The van der Waals surface area contributed by atoms with Gasteiger partial charge >= 0.3 is 5.97 Å². The second-order valence-corrected chi connectivity index (χ2v) is 12.6. The monoisotopic (exact) mass is 541 g/mol. The molecule has 1 aliphatic heterocycles. The van der Waals surface area contributed by atoms with Gasteiger partial charge in [-0.2, -0.15) is 9.30 Å². The minimum Gasteiger partial charge on any atom is -0.462 e. The van der Waals surface area contributed by atoms with Crippen molar-refractivity contribution in [3.8, 4) is 0 Å². The van der Waals surface area contributed by atoms with Crippen molar-refractivity contribution in [2.45, 2.75) is 37.4 Å². The van der Waals surface area contributed by atoms with Crippen molar-refractivity contribution in [2.75, 3.05) is 19.7 Å². The number of benzene rings is 1. The fourth-order valence-electron chi connectivity index (χ4n) is 3.90. The molecule has 34 heavy (non-hydrogen) atoms. The third kappa shape index (κ3) is 4.99. The number of piperidine rings is 1. The van der Waals surface area contributed by atoms with Crippen molar-refractivity contribution < 1.29 is 22.7 Å². The minimum absolute atomic E-state index is 0.211. The summed E-state index contributed by atoms with van der Waals surface area (Å²) in [7, 11) is -3.61. The molecule has 1 aliphatic rings. The lowest BCUT2D eigenvalue weighted by molar-refractivity contribution is -0.122. The molecule has 0 N–H and O–H groups in total. The van der Waals surface area contributed by atoms with Crippen LogP contribution in [0.1, 0.15) is 37.0 Å². The van der Waals surface area contributed by atoms with Crippen molar-refractivity contribution in [1.29, 1.82) is 0 Å². The van der Waals surface area contributed by atoms with Crippen molar-refractivity contribution in [3.63, 3.8) is 0 Å². The number of thiophene rings is 1. The molecule has 0 aliphatic carbocycles. The first kappa shape index (κ1) is 25.1. The zero-order chi connectivity index (χ0) is 24.5. The van der Waals surface area contributed by atoms with Gasteiger partial charge in [-0.15, -0.1) is 11.3 Å². The van der Waals surface area contributed by atoms with Crippen molar-refractivity contribution in [3.05, 3.63) is 45.0 Å². The lowest BCUT2D eigenvalue weighted by Crippen LogP contribution is -2.40. The molecule has 0 unspecified atom stereocenters. The summed E-state index contributed by atoms with van der Waals surface area (Å²) in [5.74, 6) is -0.985. The van der Waals surface area contributed by atoms with Gasteiger partial charge in [0, 0.05) is 25.6 Å². The highest BCUT2D eigenvalue weighted by Gasteiger charge is 2.33. The lowest BCUT2D eigenvalue weighted by Gasteiger charge is -2.29. The quantitative estimate of drug-likeness (QED) is 0.437. The van der Waals surface area contributed by atoms with Gasteiger partial charge in [-0.3, -0.25) is 4.79 Å². The first-order chi connectivity index (χ1) is 16.2. The molecule has 2 aromatic heterocycles. The average Bonchev–Trinajstić information content (AvgIpc) is 3.42. The number of rotatable bonds is 6. The van der Waals surface area contributed by atoms with Crippen LogP contribution in [0.4, 0.5) is 0 Å². The number of aromatic nitrogens is 1. The highest BCUT2D eigenvalue weighted by atomic mass is 35.5. The maximum absolute atomic E-state index is 13.0. The van der Waals surface area contributed by atoms with E-state index in [2.05, 4.69) is 4.99 Å². The number of ether oxygens (including phenoxy) is 1. The summed E-state index contributed by atoms with van der Waals surface area (Å²) in [6, 6.07) is 8.38. The van der Waals surface area contributed by atoms with Gasteiger partial charge in [-0.25, -0.2) is 13.2 Å². The van der Waals surface area contributed by atoms with E-state index in [-0.39, 0.29) is 35.1 Å². The number of sulfonamides is 1. The number of amides is 1. The third-order valence-electron chi connectivity index (χ3n) is 5.66. The Balaban J connectivity index is 1.52. The molecule has 0 atom stereocenters. The number of halogens is 1. The number of thiazole rings is 1. The summed E-state index contributed by atoms with van der Waals surface area (Å²) in [6.45, 7) is 5.15. The highest BCUT2D eigenvalue weighted by molar-refractivity contribution is 7.91. The fourth-order valence-corrected chi connectivity index (χ4v) is 8.14. The van der Waals surface area contributed by atoms with Gasteiger partial charge < -0.3 is 9.30 Å². The lowest BCUT2D eigenvalue weighted by atomic mass is 9.98. The summed E-state index contributed by atoms with van der Waals surface area (Å²) in [5, 5.41) is 0. The Kier molecular flexibility index (Phi) is 7.58. The van der Waals surface area contributed by atoms with Crippen molar-refractivity contribution in [1.82, 2.24) is 8.87 Å². The SMILES string of the molecule is CCOC(=O)c1ccc2c(c1)sc(=NC(=O)C1CCN(S(=O)(=O)c3ccc(Cl)s3)CC1)n2CC. The van der Waals surface area contributed by atoms with Crippen LogP contribution >= 0.6 is 34.3 Å².